The number of hydrogen-bond acceptors (Lipinski definition) is 3. The number of nitrogens with one attached hydrogen (secondary N) is 1. The highest BCUT2D eigenvalue weighted by Crippen LogP contribution is 2.37. The summed E-state index contributed by atoms with van der Waals surface area (Å²) in [5, 5.41) is 11.7. The third kappa shape index (κ3) is 2.04. The SMILES string of the molecule is CC1(C)CNC(=O)C(CC(=O)O)N1C1CC1. The second kappa shape index (κ2) is 3.73. The summed E-state index contributed by atoms with van der Waals surface area (Å²) in [4.78, 5) is 24.6. The van der Waals surface area contributed by atoms with Gasteiger partial charge in [0.1, 0.15) is 6.04 Å². The Morgan fingerprint density at radius 1 is 1.56 bits per heavy atom. The van der Waals surface area contributed by atoms with Crippen LogP contribution in [0.25, 0.3) is 0 Å². The largest absolute Gasteiger partial charge is 0.481 e. The van der Waals surface area contributed by atoms with Crippen molar-refractivity contribution in [2.24, 2.45) is 0 Å². The van der Waals surface area contributed by atoms with Crippen LogP contribution in [0.4, 0.5) is 0 Å². The average Bonchev–Trinajstić information content (AvgIpc) is 2.94. The van der Waals surface area contributed by atoms with E-state index in [4.69, 9.17) is 5.11 Å². The molecule has 0 aromatic rings. The summed E-state index contributed by atoms with van der Waals surface area (Å²) in [6, 6.07) is -0.112. The van der Waals surface area contributed by atoms with E-state index in [1.165, 1.54) is 0 Å². The first-order valence-corrected chi connectivity index (χ1v) is 5.70. The van der Waals surface area contributed by atoms with E-state index in [1.807, 2.05) is 0 Å². The minimum absolute atomic E-state index is 0.105. The van der Waals surface area contributed by atoms with Crippen molar-refractivity contribution >= 4 is 11.9 Å². The van der Waals surface area contributed by atoms with Gasteiger partial charge in [0.15, 0.2) is 0 Å². The van der Waals surface area contributed by atoms with Gasteiger partial charge in [0.05, 0.1) is 6.42 Å². The molecule has 1 aliphatic heterocycles. The molecule has 2 rings (SSSR count). The fourth-order valence-corrected chi connectivity index (χ4v) is 2.52. The number of piperazine rings is 1. The van der Waals surface area contributed by atoms with Gasteiger partial charge < -0.3 is 10.4 Å². The van der Waals surface area contributed by atoms with Gasteiger partial charge in [-0.1, -0.05) is 0 Å². The summed E-state index contributed by atoms with van der Waals surface area (Å²) in [6.07, 6.45) is 2.05. The first kappa shape index (κ1) is 11.4. The van der Waals surface area contributed by atoms with E-state index in [9.17, 15) is 9.59 Å². The monoisotopic (exact) mass is 226 g/mol. The van der Waals surface area contributed by atoms with E-state index in [1.54, 1.807) is 0 Å². The Bertz CT molecular complexity index is 323. The Morgan fingerprint density at radius 2 is 2.19 bits per heavy atom. The second-order valence-electron chi connectivity index (χ2n) is 5.28. The smallest absolute Gasteiger partial charge is 0.305 e. The zero-order chi connectivity index (χ0) is 11.9. The fraction of sp³-hybridized carbons (Fsp3) is 0.818. The Kier molecular flexibility index (Phi) is 2.66. The standard InChI is InChI=1S/C11H18N2O3/c1-11(2)6-12-10(16)8(5-9(14)15)13(11)7-3-4-7/h7-8H,3-6H2,1-2H3,(H,12,16)(H,14,15). The van der Waals surface area contributed by atoms with Crippen LogP contribution in [-0.4, -0.2) is 46.1 Å². The van der Waals surface area contributed by atoms with Crippen molar-refractivity contribution in [1.29, 1.82) is 0 Å². The molecule has 5 heteroatoms. The van der Waals surface area contributed by atoms with E-state index in [-0.39, 0.29) is 17.9 Å². The van der Waals surface area contributed by atoms with Gasteiger partial charge in [-0.15, -0.1) is 0 Å². The molecule has 1 atom stereocenters. The van der Waals surface area contributed by atoms with Crippen molar-refractivity contribution in [3.8, 4) is 0 Å². The van der Waals surface area contributed by atoms with Crippen molar-refractivity contribution in [3.63, 3.8) is 0 Å². The lowest BCUT2D eigenvalue weighted by atomic mass is 9.94. The quantitative estimate of drug-likeness (QED) is 0.721. The lowest BCUT2D eigenvalue weighted by Gasteiger charge is -2.47. The second-order valence-corrected chi connectivity index (χ2v) is 5.28. The van der Waals surface area contributed by atoms with Crippen molar-refractivity contribution in [1.82, 2.24) is 10.2 Å². The molecule has 2 aliphatic rings. The number of carboxylic acids is 1. The molecule has 2 N–H and O–H groups in total. The fourth-order valence-electron chi connectivity index (χ4n) is 2.52. The van der Waals surface area contributed by atoms with Crippen LogP contribution in [0, 0.1) is 0 Å². The molecule has 1 saturated carbocycles. The van der Waals surface area contributed by atoms with E-state index in [0.29, 0.717) is 12.6 Å². The lowest BCUT2D eigenvalue weighted by molar-refractivity contribution is -0.146. The highest BCUT2D eigenvalue weighted by atomic mass is 16.4. The number of hydrogen-bond donors (Lipinski definition) is 2. The van der Waals surface area contributed by atoms with Crippen LogP contribution in [0.3, 0.4) is 0 Å². The van der Waals surface area contributed by atoms with Gasteiger partial charge in [-0.05, 0) is 26.7 Å². The minimum atomic E-state index is -0.913. The summed E-state index contributed by atoms with van der Waals surface area (Å²) in [5.41, 5.74) is -0.144. The number of rotatable bonds is 3. The topological polar surface area (TPSA) is 69.6 Å². The molecule has 0 aromatic carbocycles. The molecule has 1 aliphatic carbocycles. The summed E-state index contributed by atoms with van der Waals surface area (Å²) >= 11 is 0. The van der Waals surface area contributed by atoms with Crippen molar-refractivity contribution in [2.75, 3.05) is 6.54 Å². The van der Waals surface area contributed by atoms with E-state index in [0.717, 1.165) is 12.8 Å². The molecule has 16 heavy (non-hydrogen) atoms. The summed E-state index contributed by atoms with van der Waals surface area (Å²) in [5.74, 6) is -1.06. The maximum absolute atomic E-state index is 11.7. The Morgan fingerprint density at radius 3 is 2.69 bits per heavy atom. The number of carboxylic acid groups (broad SMARTS) is 1. The van der Waals surface area contributed by atoms with Gasteiger partial charge in [-0.2, -0.15) is 0 Å². The predicted molar refractivity (Wildman–Crippen MR) is 58.0 cm³/mol. The van der Waals surface area contributed by atoms with Gasteiger partial charge in [0.2, 0.25) is 5.91 Å². The molecular weight excluding hydrogens is 208 g/mol. The zero-order valence-corrected chi connectivity index (χ0v) is 9.69. The van der Waals surface area contributed by atoms with E-state index >= 15 is 0 Å². The number of nitrogens with zero attached hydrogens (tertiary/aromatic N) is 1. The molecular formula is C11H18N2O3. The molecule has 0 aromatic heterocycles. The molecule has 0 radical (unpaired) electrons. The normalized spacial score (nSPS) is 29.9. The highest BCUT2D eigenvalue weighted by molar-refractivity contribution is 5.87. The number of carbonyl (C=O) groups is 2. The average molecular weight is 226 g/mol. The van der Waals surface area contributed by atoms with Crippen molar-refractivity contribution in [2.45, 2.75) is 50.7 Å². The van der Waals surface area contributed by atoms with Gasteiger partial charge >= 0.3 is 5.97 Å². The molecule has 0 spiro atoms. The maximum atomic E-state index is 11.7. The minimum Gasteiger partial charge on any atom is -0.481 e. The third-order valence-electron chi connectivity index (χ3n) is 3.34. The molecule has 5 nitrogen and oxygen atoms in total. The van der Waals surface area contributed by atoms with Gasteiger partial charge in [0.25, 0.3) is 0 Å². The van der Waals surface area contributed by atoms with Crippen molar-refractivity contribution in [3.05, 3.63) is 0 Å². The molecule has 1 heterocycles. The van der Waals surface area contributed by atoms with Crippen LogP contribution in [0.1, 0.15) is 33.1 Å². The summed E-state index contributed by atoms with van der Waals surface area (Å²) in [7, 11) is 0. The molecule has 90 valence electrons. The van der Waals surface area contributed by atoms with Crippen molar-refractivity contribution < 1.29 is 14.7 Å². The van der Waals surface area contributed by atoms with Gasteiger partial charge in [-0.3, -0.25) is 14.5 Å². The zero-order valence-electron chi connectivity index (χ0n) is 9.69. The van der Waals surface area contributed by atoms with Crippen LogP contribution in [0.5, 0.6) is 0 Å². The number of carbonyl (C=O) groups excluding carboxylic acids is 1. The predicted octanol–water partition coefficient (Wildman–Crippen LogP) is 0.203. The van der Waals surface area contributed by atoms with Crippen LogP contribution in [0.15, 0.2) is 0 Å². The van der Waals surface area contributed by atoms with Crippen LogP contribution in [-0.2, 0) is 9.59 Å². The number of amides is 1. The van der Waals surface area contributed by atoms with Gasteiger partial charge in [-0.25, -0.2) is 0 Å². The van der Waals surface area contributed by atoms with E-state index in [2.05, 4.69) is 24.1 Å². The van der Waals surface area contributed by atoms with Crippen LogP contribution >= 0.6 is 0 Å². The molecule has 0 bridgehead atoms. The van der Waals surface area contributed by atoms with Crippen LogP contribution in [0.2, 0.25) is 0 Å². The highest BCUT2D eigenvalue weighted by Gasteiger charge is 2.48. The Balaban J connectivity index is 2.21. The molecule has 1 amide bonds. The van der Waals surface area contributed by atoms with E-state index < -0.39 is 12.0 Å². The molecule has 1 unspecified atom stereocenters. The van der Waals surface area contributed by atoms with Gasteiger partial charge in [0, 0.05) is 18.1 Å². The Hall–Kier alpha value is -1.10. The third-order valence-corrected chi connectivity index (χ3v) is 3.34. The summed E-state index contributed by atoms with van der Waals surface area (Å²) < 4.78 is 0. The first-order chi connectivity index (χ1) is 7.42. The summed E-state index contributed by atoms with van der Waals surface area (Å²) in [6.45, 7) is 4.71. The molecule has 2 fully saturated rings. The number of aliphatic carboxylic acids is 1. The van der Waals surface area contributed by atoms with Crippen LogP contribution < -0.4 is 5.32 Å². The maximum Gasteiger partial charge on any atom is 0.305 e. The first-order valence-electron chi connectivity index (χ1n) is 5.70. The Labute approximate surface area is 94.8 Å². The lowest BCUT2D eigenvalue weighted by Crippen LogP contribution is -2.66. The molecule has 1 saturated heterocycles.